The molecule has 1 amide bonds. The molecule has 30 heavy (non-hydrogen) atoms. The van der Waals surface area contributed by atoms with Gasteiger partial charge in [-0.15, -0.1) is 10.2 Å². The van der Waals surface area contributed by atoms with E-state index in [1.807, 2.05) is 18.4 Å². The number of fused-ring (bicyclic) bond motifs is 1. The minimum absolute atomic E-state index is 0.143. The summed E-state index contributed by atoms with van der Waals surface area (Å²) in [5.74, 6) is 1.59. The molecule has 2 N–H and O–H groups in total. The van der Waals surface area contributed by atoms with Gasteiger partial charge < -0.3 is 9.47 Å². The fourth-order valence-corrected chi connectivity index (χ4v) is 3.63. The zero-order valence-corrected chi connectivity index (χ0v) is 17.4. The summed E-state index contributed by atoms with van der Waals surface area (Å²) in [7, 11) is -4.67. The predicted molar refractivity (Wildman–Crippen MR) is 104 cm³/mol. The third-order valence-corrected chi connectivity index (χ3v) is 5.06. The number of aryl methyl sites for hydroxylation is 1. The van der Waals surface area contributed by atoms with E-state index in [0.29, 0.717) is 36.1 Å². The van der Waals surface area contributed by atoms with E-state index in [4.69, 9.17) is 17.5 Å². The lowest BCUT2D eigenvalue weighted by molar-refractivity contribution is 0.0638. The average molecular weight is 456 g/mol. The number of halogens is 1. The number of aromatic nitrogens is 5. The van der Waals surface area contributed by atoms with Gasteiger partial charge in [-0.05, 0) is 49.6 Å². The van der Waals surface area contributed by atoms with Gasteiger partial charge in [0.1, 0.15) is 11.6 Å². The summed E-state index contributed by atoms with van der Waals surface area (Å²) >= 11 is 1.29. The maximum absolute atomic E-state index is 13.1. The summed E-state index contributed by atoms with van der Waals surface area (Å²) in [6.45, 7) is 4.84. The van der Waals surface area contributed by atoms with Gasteiger partial charge in [-0.25, -0.2) is 9.37 Å². The molecular weight excluding hydrogens is 439 g/mol. The smallest absolute Gasteiger partial charge is 0.327 e. The number of carbonyl (C=O) groups is 1. The van der Waals surface area contributed by atoms with E-state index in [0.717, 1.165) is 5.01 Å². The Kier molecular flexibility index (Phi) is 6.21. The molecule has 0 aliphatic carbocycles. The van der Waals surface area contributed by atoms with Crippen LogP contribution in [0.15, 0.2) is 24.3 Å². The Balaban J connectivity index is 0.000000461. The van der Waals surface area contributed by atoms with E-state index >= 15 is 0 Å². The van der Waals surface area contributed by atoms with Crippen molar-refractivity contribution in [3.63, 3.8) is 0 Å². The van der Waals surface area contributed by atoms with E-state index in [1.165, 1.54) is 35.8 Å². The van der Waals surface area contributed by atoms with Gasteiger partial charge in [0.15, 0.2) is 16.7 Å². The first kappa shape index (κ1) is 21.9. The molecule has 11 nitrogen and oxygen atoms in total. The van der Waals surface area contributed by atoms with Gasteiger partial charge in [0.05, 0.1) is 6.04 Å². The monoisotopic (exact) mass is 456 g/mol. The van der Waals surface area contributed by atoms with Gasteiger partial charge in [-0.3, -0.25) is 13.9 Å². The molecule has 0 radical (unpaired) electrons. The first-order valence-corrected chi connectivity index (χ1v) is 10.7. The number of benzene rings is 1. The Morgan fingerprint density at radius 1 is 1.20 bits per heavy atom. The summed E-state index contributed by atoms with van der Waals surface area (Å²) in [5.41, 5.74) is 0.459. The number of amides is 1. The average Bonchev–Trinajstić information content (AvgIpc) is 3.27. The van der Waals surface area contributed by atoms with Crippen LogP contribution < -0.4 is 0 Å². The lowest BCUT2D eigenvalue weighted by atomic mass is 10.1. The molecule has 1 aliphatic heterocycles. The van der Waals surface area contributed by atoms with Crippen LogP contribution in [-0.2, 0) is 16.9 Å². The highest BCUT2D eigenvalue weighted by Gasteiger charge is 2.32. The van der Waals surface area contributed by atoms with Crippen LogP contribution in [0.5, 0.6) is 0 Å². The third-order valence-electron chi connectivity index (χ3n) is 4.26. The van der Waals surface area contributed by atoms with E-state index in [-0.39, 0.29) is 17.8 Å². The maximum Gasteiger partial charge on any atom is 0.394 e. The van der Waals surface area contributed by atoms with Gasteiger partial charge in [0, 0.05) is 18.7 Å². The topological polar surface area (TPSA) is 151 Å². The minimum atomic E-state index is -4.67. The van der Waals surface area contributed by atoms with Crippen molar-refractivity contribution in [3.05, 3.63) is 47.3 Å². The second kappa shape index (κ2) is 8.51. The summed E-state index contributed by atoms with van der Waals surface area (Å²) in [4.78, 5) is 18.8. The van der Waals surface area contributed by atoms with E-state index in [1.54, 1.807) is 4.90 Å². The van der Waals surface area contributed by atoms with Crippen LogP contribution in [0, 0.1) is 12.7 Å². The highest BCUT2D eigenvalue weighted by atomic mass is 32.3. The van der Waals surface area contributed by atoms with Gasteiger partial charge in [-0.1, -0.05) is 0 Å². The summed E-state index contributed by atoms with van der Waals surface area (Å²) in [6, 6.07) is 5.35. The molecule has 2 aromatic heterocycles. The highest BCUT2D eigenvalue weighted by molar-refractivity contribution is 7.79. The molecule has 3 heterocycles. The van der Waals surface area contributed by atoms with Crippen LogP contribution in [0.25, 0.3) is 10.8 Å². The first-order valence-electron chi connectivity index (χ1n) is 8.55. The first-order chi connectivity index (χ1) is 14.0. The molecular formula is C16H17FN6O5S2. The molecule has 160 valence electrons. The molecule has 1 aliphatic rings. The zero-order chi connectivity index (χ0) is 22.1. The maximum atomic E-state index is 13.1. The lowest BCUT2D eigenvalue weighted by Crippen LogP contribution is -2.41. The number of carbonyl (C=O) groups excluding carboxylic acids is 1. The van der Waals surface area contributed by atoms with Crippen molar-refractivity contribution >= 4 is 27.8 Å². The fourth-order valence-electron chi connectivity index (χ4n) is 2.97. The Hall–Kier alpha value is -2.81. The molecule has 0 saturated heterocycles. The van der Waals surface area contributed by atoms with Crippen molar-refractivity contribution in [2.75, 3.05) is 6.54 Å². The Bertz CT molecular complexity index is 1150. The van der Waals surface area contributed by atoms with Crippen LogP contribution in [-0.4, -0.2) is 59.0 Å². The van der Waals surface area contributed by atoms with Gasteiger partial charge in [-0.2, -0.15) is 12.8 Å². The lowest BCUT2D eigenvalue weighted by Gasteiger charge is -2.33. The van der Waals surface area contributed by atoms with Crippen molar-refractivity contribution in [2.24, 2.45) is 0 Å². The van der Waals surface area contributed by atoms with Crippen molar-refractivity contribution in [1.29, 1.82) is 0 Å². The Morgan fingerprint density at radius 3 is 2.40 bits per heavy atom. The van der Waals surface area contributed by atoms with Crippen LogP contribution in [0.1, 0.15) is 35.0 Å². The number of rotatable bonds is 2. The normalized spacial score (nSPS) is 15.9. The van der Waals surface area contributed by atoms with Crippen molar-refractivity contribution in [2.45, 2.75) is 26.4 Å². The standard InChI is InChI=1S/C16H15FN6OS.H2O4S/c1-9-13-19-20-14(15-18-10(2)21-25-15)23(13)8-7-22(9)16(24)11-3-5-12(17)6-4-11;1-5(2,3)4/h3-6,9H,7-8H2,1-2H3;(H2,1,2,3,4)/t9-;/m1./s1. The predicted octanol–water partition coefficient (Wildman–Crippen LogP) is 1.81. The Labute approximate surface area is 175 Å². The molecule has 4 rings (SSSR count). The number of hydrogen-bond acceptors (Lipinski definition) is 8. The van der Waals surface area contributed by atoms with Crippen LogP contribution in [0.3, 0.4) is 0 Å². The number of nitrogens with zero attached hydrogens (tertiary/aromatic N) is 6. The SMILES string of the molecule is Cc1nsc(-c2nnc3n2CCN(C(=O)c2ccc(F)cc2)[C@@H]3C)n1.O=S(=O)(O)O. The summed E-state index contributed by atoms with van der Waals surface area (Å²) < 4.78 is 50.8. The van der Waals surface area contributed by atoms with Gasteiger partial charge in [0.25, 0.3) is 5.91 Å². The molecule has 0 bridgehead atoms. The van der Waals surface area contributed by atoms with Crippen LogP contribution in [0.4, 0.5) is 4.39 Å². The molecule has 0 fully saturated rings. The second-order valence-corrected chi connectivity index (χ2v) is 7.96. The molecule has 3 aromatic rings. The van der Waals surface area contributed by atoms with Crippen LogP contribution >= 0.6 is 11.5 Å². The van der Waals surface area contributed by atoms with E-state index in [2.05, 4.69) is 19.6 Å². The van der Waals surface area contributed by atoms with Gasteiger partial charge >= 0.3 is 10.4 Å². The van der Waals surface area contributed by atoms with Crippen molar-refractivity contribution < 1.29 is 26.7 Å². The third kappa shape index (κ3) is 5.02. The molecule has 1 aromatic carbocycles. The number of hydrogen-bond donors (Lipinski definition) is 2. The molecule has 0 spiro atoms. The largest absolute Gasteiger partial charge is 0.394 e. The van der Waals surface area contributed by atoms with E-state index < -0.39 is 10.4 Å². The minimum Gasteiger partial charge on any atom is -0.327 e. The van der Waals surface area contributed by atoms with Crippen molar-refractivity contribution in [1.82, 2.24) is 29.0 Å². The second-order valence-electron chi connectivity index (χ2n) is 6.31. The zero-order valence-electron chi connectivity index (χ0n) is 15.8. The van der Waals surface area contributed by atoms with E-state index in [9.17, 15) is 9.18 Å². The quantitative estimate of drug-likeness (QED) is 0.550. The van der Waals surface area contributed by atoms with Crippen LogP contribution in [0.2, 0.25) is 0 Å². The highest BCUT2D eigenvalue weighted by Crippen LogP contribution is 2.30. The fraction of sp³-hybridized carbons (Fsp3) is 0.312. The summed E-state index contributed by atoms with van der Waals surface area (Å²) in [6.07, 6.45) is 0. The molecule has 0 saturated carbocycles. The molecule has 14 heteroatoms. The van der Waals surface area contributed by atoms with Crippen molar-refractivity contribution in [3.8, 4) is 10.8 Å². The van der Waals surface area contributed by atoms with Gasteiger partial charge in [0.2, 0.25) is 0 Å². The Morgan fingerprint density at radius 2 is 1.83 bits per heavy atom. The molecule has 1 atom stereocenters. The molecule has 0 unspecified atom stereocenters. The summed E-state index contributed by atoms with van der Waals surface area (Å²) in [5, 5.41) is 9.23.